The number of pyridine rings is 1. The predicted molar refractivity (Wildman–Crippen MR) is 156 cm³/mol. The summed E-state index contributed by atoms with van der Waals surface area (Å²) in [4.78, 5) is 24.6. The Balaban J connectivity index is 1.38. The molecule has 5 atom stereocenters. The zero-order chi connectivity index (χ0) is 27.2. The van der Waals surface area contributed by atoms with Gasteiger partial charge in [0.05, 0.1) is 17.9 Å². The van der Waals surface area contributed by atoms with Crippen molar-refractivity contribution in [3.8, 4) is 0 Å². The second-order valence-corrected chi connectivity index (χ2v) is 11.6. The SMILES string of the molecule is CC12CC(C=N)C(=Nc3cccnc3)C=C1CCC2CC(NC(=O)N1CCCCC1CCO)c1ccccc1. The van der Waals surface area contributed by atoms with Gasteiger partial charge in [-0.25, -0.2) is 4.79 Å². The molecule has 3 N–H and O–H groups in total. The van der Waals surface area contributed by atoms with Crippen molar-refractivity contribution in [1.29, 1.82) is 5.41 Å². The number of carbonyl (C=O) groups is 1. The molecule has 5 rings (SSSR count). The fourth-order valence-corrected chi connectivity index (χ4v) is 6.98. The van der Waals surface area contributed by atoms with Gasteiger partial charge in [-0.05, 0) is 86.5 Å². The first kappa shape index (κ1) is 27.3. The molecule has 1 aromatic carbocycles. The van der Waals surface area contributed by atoms with Crippen molar-refractivity contribution in [3.05, 3.63) is 72.1 Å². The number of carbonyl (C=O) groups excluding carboxylic acids is 1. The van der Waals surface area contributed by atoms with Gasteiger partial charge in [-0.1, -0.05) is 42.8 Å². The molecule has 0 bridgehead atoms. The number of aliphatic hydroxyl groups excluding tert-OH is 1. The number of nitrogens with zero attached hydrogens (tertiary/aromatic N) is 3. The highest BCUT2D eigenvalue weighted by molar-refractivity contribution is 6.07. The number of benzene rings is 1. The van der Waals surface area contributed by atoms with Gasteiger partial charge in [0.15, 0.2) is 0 Å². The summed E-state index contributed by atoms with van der Waals surface area (Å²) in [5.74, 6) is 0.336. The Bertz CT molecular complexity index is 1200. The van der Waals surface area contributed by atoms with Crippen LogP contribution in [0.4, 0.5) is 10.5 Å². The van der Waals surface area contributed by atoms with Crippen LogP contribution in [0.15, 0.2) is 71.5 Å². The quantitative estimate of drug-likeness (QED) is 0.354. The Morgan fingerprint density at radius 2 is 2.10 bits per heavy atom. The number of allylic oxidation sites excluding steroid dienone is 2. The van der Waals surface area contributed by atoms with Gasteiger partial charge in [0.2, 0.25) is 0 Å². The number of amides is 2. The van der Waals surface area contributed by atoms with Gasteiger partial charge in [0, 0.05) is 43.2 Å². The lowest BCUT2D eigenvalue weighted by Gasteiger charge is -2.41. The van der Waals surface area contributed by atoms with Crippen LogP contribution in [0.3, 0.4) is 0 Å². The summed E-state index contributed by atoms with van der Waals surface area (Å²) in [6.45, 7) is 3.19. The Kier molecular flexibility index (Phi) is 8.56. The molecule has 5 unspecified atom stereocenters. The van der Waals surface area contributed by atoms with Gasteiger partial charge in [0.1, 0.15) is 0 Å². The van der Waals surface area contributed by atoms with Crippen LogP contribution in [0.25, 0.3) is 0 Å². The zero-order valence-corrected chi connectivity index (χ0v) is 22.9. The summed E-state index contributed by atoms with van der Waals surface area (Å²) in [6, 6.07) is 14.1. The first-order valence-electron chi connectivity index (χ1n) is 14.4. The van der Waals surface area contributed by atoms with Crippen LogP contribution in [0, 0.1) is 22.7 Å². The number of hydrogen-bond acceptors (Lipinski definition) is 5. The summed E-state index contributed by atoms with van der Waals surface area (Å²) in [5, 5.41) is 21.2. The summed E-state index contributed by atoms with van der Waals surface area (Å²) in [5.41, 5.74) is 4.25. The van der Waals surface area contributed by atoms with Crippen molar-refractivity contribution in [1.82, 2.24) is 15.2 Å². The van der Waals surface area contributed by atoms with Crippen LogP contribution in [-0.2, 0) is 0 Å². The molecule has 1 saturated carbocycles. The van der Waals surface area contributed by atoms with E-state index in [1.807, 2.05) is 35.2 Å². The molecule has 2 aromatic rings. The van der Waals surface area contributed by atoms with E-state index in [1.165, 1.54) is 11.8 Å². The molecule has 3 aliphatic rings. The molecule has 0 radical (unpaired) electrons. The maximum atomic E-state index is 13.6. The molecule has 1 saturated heterocycles. The maximum absolute atomic E-state index is 13.6. The third-order valence-electron chi connectivity index (χ3n) is 9.22. The number of urea groups is 1. The molecule has 206 valence electrons. The van der Waals surface area contributed by atoms with Gasteiger partial charge in [-0.2, -0.15) is 0 Å². The van der Waals surface area contributed by atoms with Gasteiger partial charge in [-0.15, -0.1) is 0 Å². The first-order valence-corrected chi connectivity index (χ1v) is 14.4. The Hall–Kier alpha value is -3.32. The van der Waals surface area contributed by atoms with Crippen molar-refractivity contribution in [2.75, 3.05) is 13.2 Å². The second-order valence-electron chi connectivity index (χ2n) is 11.6. The van der Waals surface area contributed by atoms with Crippen molar-refractivity contribution in [3.63, 3.8) is 0 Å². The molecule has 2 fully saturated rings. The molecule has 0 spiro atoms. The van der Waals surface area contributed by atoms with E-state index in [0.717, 1.165) is 68.5 Å². The molecule has 7 heteroatoms. The Morgan fingerprint density at radius 3 is 2.85 bits per heavy atom. The molecule has 39 heavy (non-hydrogen) atoms. The van der Waals surface area contributed by atoms with Crippen LogP contribution in [0.1, 0.15) is 69.9 Å². The minimum absolute atomic E-state index is 0.0205. The van der Waals surface area contributed by atoms with E-state index >= 15 is 0 Å². The first-order chi connectivity index (χ1) is 19.0. The number of hydrogen-bond donors (Lipinski definition) is 3. The summed E-state index contributed by atoms with van der Waals surface area (Å²) in [7, 11) is 0. The van der Waals surface area contributed by atoms with E-state index < -0.39 is 0 Å². The fourth-order valence-electron chi connectivity index (χ4n) is 6.98. The van der Waals surface area contributed by atoms with Crippen molar-refractivity contribution in [2.24, 2.45) is 22.2 Å². The highest BCUT2D eigenvalue weighted by Gasteiger charge is 2.47. The minimum Gasteiger partial charge on any atom is -0.396 e. The lowest BCUT2D eigenvalue weighted by atomic mass is 9.65. The van der Waals surface area contributed by atoms with Gasteiger partial charge < -0.3 is 20.7 Å². The monoisotopic (exact) mass is 527 g/mol. The van der Waals surface area contributed by atoms with Crippen LogP contribution in [-0.4, -0.2) is 52.1 Å². The number of likely N-dealkylation sites (tertiary alicyclic amines) is 1. The topological polar surface area (TPSA) is 102 Å². The molecule has 1 aliphatic heterocycles. The van der Waals surface area contributed by atoms with Crippen LogP contribution >= 0.6 is 0 Å². The molecular weight excluding hydrogens is 486 g/mol. The van der Waals surface area contributed by atoms with Crippen molar-refractivity contribution in [2.45, 2.75) is 70.4 Å². The largest absolute Gasteiger partial charge is 0.396 e. The van der Waals surface area contributed by atoms with Crippen LogP contribution in [0.2, 0.25) is 0 Å². The molecule has 2 aliphatic carbocycles. The van der Waals surface area contributed by atoms with Crippen LogP contribution in [0.5, 0.6) is 0 Å². The van der Waals surface area contributed by atoms with Gasteiger partial charge >= 0.3 is 6.03 Å². The number of piperidine rings is 1. The summed E-state index contributed by atoms with van der Waals surface area (Å²) in [6.07, 6.45) is 14.7. The second kappa shape index (κ2) is 12.2. The van der Waals surface area contributed by atoms with Gasteiger partial charge in [-0.3, -0.25) is 9.98 Å². The normalized spacial score (nSPS) is 28.5. The summed E-state index contributed by atoms with van der Waals surface area (Å²) >= 11 is 0. The molecule has 2 amide bonds. The van der Waals surface area contributed by atoms with E-state index in [9.17, 15) is 9.90 Å². The number of fused-ring (bicyclic) bond motifs is 1. The lowest BCUT2D eigenvalue weighted by molar-refractivity contribution is 0.126. The lowest BCUT2D eigenvalue weighted by Crippen LogP contribution is -2.50. The van der Waals surface area contributed by atoms with Gasteiger partial charge in [0.25, 0.3) is 0 Å². The number of aliphatic hydroxyl groups is 1. The zero-order valence-electron chi connectivity index (χ0n) is 22.9. The number of aliphatic imine (C=N–C) groups is 1. The standard InChI is InChI=1S/C32H41N5O2/c1-32-20-24(21-33)30(35-27-10-7-15-34-22-27)19-26(32)13-12-25(32)18-29(23-8-3-2-4-9-23)36-31(39)37-16-6-5-11-28(37)14-17-38/h2-4,7-10,15,19,21-22,24-25,28-29,33,38H,5-6,11-14,16-18,20H2,1H3,(H,36,39). The smallest absolute Gasteiger partial charge is 0.318 e. The van der Waals surface area contributed by atoms with Crippen molar-refractivity contribution < 1.29 is 9.90 Å². The minimum atomic E-state index is -0.0968. The molecule has 7 nitrogen and oxygen atoms in total. The Labute approximate surface area is 232 Å². The third-order valence-corrected chi connectivity index (χ3v) is 9.22. The predicted octanol–water partition coefficient (Wildman–Crippen LogP) is 6.24. The maximum Gasteiger partial charge on any atom is 0.318 e. The average Bonchev–Trinajstić information content (AvgIpc) is 3.28. The van der Waals surface area contributed by atoms with Crippen molar-refractivity contribution >= 4 is 23.6 Å². The van der Waals surface area contributed by atoms with E-state index in [4.69, 9.17) is 10.4 Å². The number of rotatable bonds is 8. The fraction of sp³-hybridized carbons (Fsp3) is 0.500. The number of aromatic nitrogens is 1. The van der Waals surface area contributed by atoms with E-state index in [1.54, 1.807) is 12.4 Å². The highest BCUT2D eigenvalue weighted by Crippen LogP contribution is 2.56. The average molecular weight is 528 g/mol. The van der Waals surface area contributed by atoms with Crippen LogP contribution < -0.4 is 5.32 Å². The van der Waals surface area contributed by atoms with E-state index in [-0.39, 0.29) is 36.1 Å². The number of nitrogens with one attached hydrogen (secondary N) is 2. The summed E-state index contributed by atoms with van der Waals surface area (Å²) < 4.78 is 0. The molecular formula is C32H41N5O2. The Morgan fingerprint density at radius 1 is 1.26 bits per heavy atom. The highest BCUT2D eigenvalue weighted by atomic mass is 16.3. The van der Waals surface area contributed by atoms with E-state index in [0.29, 0.717) is 12.3 Å². The third kappa shape index (κ3) is 5.98. The molecule has 1 aromatic heterocycles. The molecule has 2 heterocycles. The van der Waals surface area contributed by atoms with E-state index in [2.05, 4.69) is 35.4 Å².